The van der Waals surface area contributed by atoms with Crippen LogP contribution < -0.4 is 0 Å². The van der Waals surface area contributed by atoms with E-state index in [0.29, 0.717) is 6.10 Å². The molecule has 0 aromatic carbocycles. The average Bonchev–Trinajstić information content (AvgIpc) is 3.36. The minimum Gasteiger partial charge on any atom is -0.394 e. The van der Waals surface area contributed by atoms with Crippen LogP contribution in [0.2, 0.25) is 12.1 Å². The van der Waals surface area contributed by atoms with Crippen LogP contribution in [-0.4, -0.2) is 47.7 Å². The fourth-order valence-electron chi connectivity index (χ4n) is 2.62. The molecule has 138 valence electrons. The maximum absolute atomic E-state index is 6.37. The Morgan fingerprint density at radius 1 is 0.826 bits per heavy atom. The number of hydrogen-bond acceptors (Lipinski definition) is 4. The van der Waals surface area contributed by atoms with Crippen LogP contribution in [0.5, 0.6) is 0 Å². The Labute approximate surface area is 144 Å². The van der Waals surface area contributed by atoms with Crippen LogP contribution in [0, 0.1) is 0 Å². The van der Waals surface area contributed by atoms with Gasteiger partial charge in [0.1, 0.15) is 6.10 Å². The van der Waals surface area contributed by atoms with E-state index < -0.39 is 8.56 Å². The second-order valence-corrected chi connectivity index (χ2v) is 9.95. The van der Waals surface area contributed by atoms with Crippen molar-refractivity contribution in [3.05, 3.63) is 0 Å². The zero-order valence-corrected chi connectivity index (χ0v) is 16.6. The number of epoxide rings is 1. The summed E-state index contributed by atoms with van der Waals surface area (Å²) in [6, 6.07) is 2.23. The fraction of sp³-hybridized carbons (Fsp3) is 1.00. The molecular formula is C18H38O4Si. The standard InChI is InChI=1S/C18H38O4Si/c1-4-7-12-21-23(14-6-3,22-13-8-5-2)15-10-9-11-19-16-18-17-20-18/h18H,4-17H2,1-3H3. The molecule has 1 saturated heterocycles. The number of hydrogen-bond donors (Lipinski definition) is 0. The Kier molecular flexibility index (Phi) is 12.3. The highest BCUT2D eigenvalue weighted by Crippen LogP contribution is 2.25. The summed E-state index contributed by atoms with van der Waals surface area (Å²) in [5.41, 5.74) is 0. The van der Waals surface area contributed by atoms with Crippen molar-refractivity contribution in [1.29, 1.82) is 0 Å². The molecule has 0 amide bonds. The van der Waals surface area contributed by atoms with Gasteiger partial charge in [-0.15, -0.1) is 0 Å². The molecular weight excluding hydrogens is 308 g/mol. The normalized spacial score (nSPS) is 17.6. The van der Waals surface area contributed by atoms with Crippen molar-refractivity contribution in [2.75, 3.05) is 33.0 Å². The molecule has 0 radical (unpaired) electrons. The smallest absolute Gasteiger partial charge is 0.338 e. The van der Waals surface area contributed by atoms with Gasteiger partial charge in [-0.1, -0.05) is 40.0 Å². The van der Waals surface area contributed by atoms with E-state index in [2.05, 4.69) is 20.8 Å². The van der Waals surface area contributed by atoms with Crippen LogP contribution >= 0.6 is 0 Å². The van der Waals surface area contributed by atoms with Gasteiger partial charge >= 0.3 is 8.56 Å². The van der Waals surface area contributed by atoms with Crippen molar-refractivity contribution in [1.82, 2.24) is 0 Å². The highest BCUT2D eigenvalue weighted by Gasteiger charge is 2.36. The van der Waals surface area contributed by atoms with E-state index >= 15 is 0 Å². The molecule has 4 nitrogen and oxygen atoms in total. The van der Waals surface area contributed by atoms with Crippen LogP contribution in [0.25, 0.3) is 0 Å². The first kappa shape index (κ1) is 21.1. The molecule has 1 unspecified atom stereocenters. The molecule has 0 aromatic rings. The summed E-state index contributed by atoms with van der Waals surface area (Å²) >= 11 is 0. The van der Waals surface area contributed by atoms with E-state index in [4.69, 9.17) is 18.3 Å². The SMILES string of the molecule is CCCCO[Si](CCC)(CCCCOCC1CO1)OCCCC. The van der Waals surface area contributed by atoms with Gasteiger partial charge in [0.15, 0.2) is 0 Å². The maximum atomic E-state index is 6.37. The quantitative estimate of drug-likeness (QED) is 0.218. The zero-order valence-electron chi connectivity index (χ0n) is 15.6. The predicted octanol–water partition coefficient (Wildman–Crippen LogP) is 4.67. The summed E-state index contributed by atoms with van der Waals surface area (Å²) < 4.78 is 23.5. The molecule has 5 heteroatoms. The van der Waals surface area contributed by atoms with Crippen molar-refractivity contribution in [2.45, 2.75) is 83.9 Å². The third-order valence-corrected chi connectivity index (χ3v) is 8.00. The molecule has 1 heterocycles. The Morgan fingerprint density at radius 3 is 2.00 bits per heavy atom. The van der Waals surface area contributed by atoms with Gasteiger partial charge in [0.25, 0.3) is 0 Å². The molecule has 0 saturated carbocycles. The van der Waals surface area contributed by atoms with Crippen molar-refractivity contribution in [3.63, 3.8) is 0 Å². The van der Waals surface area contributed by atoms with Crippen LogP contribution in [0.3, 0.4) is 0 Å². The van der Waals surface area contributed by atoms with Gasteiger partial charge in [-0.25, -0.2) is 0 Å². The van der Waals surface area contributed by atoms with E-state index in [-0.39, 0.29) is 0 Å². The lowest BCUT2D eigenvalue weighted by molar-refractivity contribution is 0.112. The maximum Gasteiger partial charge on any atom is 0.338 e. The van der Waals surface area contributed by atoms with E-state index in [1.807, 2.05) is 0 Å². The minimum absolute atomic E-state index is 0.373. The molecule has 0 aliphatic carbocycles. The van der Waals surface area contributed by atoms with E-state index in [1.54, 1.807) is 0 Å². The number of ether oxygens (including phenoxy) is 2. The fourth-order valence-corrected chi connectivity index (χ4v) is 6.11. The van der Waals surface area contributed by atoms with Gasteiger partial charge in [-0.05, 0) is 37.8 Å². The Hall–Kier alpha value is 0.0569. The molecule has 0 bridgehead atoms. The van der Waals surface area contributed by atoms with Crippen LogP contribution in [0.15, 0.2) is 0 Å². The van der Waals surface area contributed by atoms with Crippen molar-refractivity contribution in [3.8, 4) is 0 Å². The van der Waals surface area contributed by atoms with E-state index in [1.165, 1.54) is 12.8 Å². The van der Waals surface area contributed by atoms with Crippen molar-refractivity contribution < 1.29 is 18.3 Å². The molecule has 0 N–H and O–H groups in total. The highest BCUT2D eigenvalue weighted by atomic mass is 28.4. The second-order valence-electron chi connectivity index (χ2n) is 6.55. The number of rotatable bonds is 17. The van der Waals surface area contributed by atoms with Gasteiger partial charge in [-0.3, -0.25) is 0 Å². The van der Waals surface area contributed by atoms with E-state index in [9.17, 15) is 0 Å². The van der Waals surface area contributed by atoms with E-state index in [0.717, 1.165) is 77.2 Å². The van der Waals surface area contributed by atoms with Gasteiger partial charge in [0.05, 0.1) is 13.2 Å². The Morgan fingerprint density at radius 2 is 1.48 bits per heavy atom. The summed E-state index contributed by atoms with van der Waals surface area (Å²) in [7, 11) is -2.02. The zero-order chi connectivity index (χ0) is 16.8. The Bertz CT molecular complexity index is 262. The van der Waals surface area contributed by atoms with Gasteiger partial charge in [-0.2, -0.15) is 0 Å². The summed E-state index contributed by atoms with van der Waals surface area (Å²) in [5.74, 6) is 0. The van der Waals surface area contributed by atoms with Crippen LogP contribution in [-0.2, 0) is 18.3 Å². The third kappa shape index (κ3) is 10.5. The van der Waals surface area contributed by atoms with Gasteiger partial charge < -0.3 is 18.3 Å². The summed E-state index contributed by atoms with van der Waals surface area (Å²) in [6.45, 7) is 10.9. The van der Waals surface area contributed by atoms with Gasteiger partial charge in [0.2, 0.25) is 0 Å². The monoisotopic (exact) mass is 346 g/mol. The average molecular weight is 347 g/mol. The van der Waals surface area contributed by atoms with Crippen molar-refractivity contribution in [2.24, 2.45) is 0 Å². The Balaban J connectivity index is 2.31. The molecule has 1 rings (SSSR count). The first-order chi connectivity index (χ1) is 11.3. The third-order valence-electron chi connectivity index (χ3n) is 4.16. The summed E-state index contributed by atoms with van der Waals surface area (Å²) in [5, 5.41) is 0. The first-order valence-corrected chi connectivity index (χ1v) is 12.0. The minimum atomic E-state index is -2.02. The topological polar surface area (TPSA) is 40.2 Å². The number of unbranched alkanes of at least 4 members (excludes halogenated alkanes) is 3. The molecule has 1 aliphatic rings. The summed E-state index contributed by atoms with van der Waals surface area (Å²) in [6.07, 6.45) is 8.42. The molecule has 0 spiro atoms. The molecule has 1 fully saturated rings. The van der Waals surface area contributed by atoms with Crippen molar-refractivity contribution >= 4 is 8.56 Å². The predicted molar refractivity (Wildman–Crippen MR) is 97.2 cm³/mol. The summed E-state index contributed by atoms with van der Waals surface area (Å²) in [4.78, 5) is 0. The molecule has 1 atom stereocenters. The second kappa shape index (κ2) is 13.4. The lowest BCUT2D eigenvalue weighted by Crippen LogP contribution is -2.42. The largest absolute Gasteiger partial charge is 0.394 e. The lowest BCUT2D eigenvalue weighted by Gasteiger charge is -2.31. The molecule has 23 heavy (non-hydrogen) atoms. The van der Waals surface area contributed by atoms with Crippen LogP contribution in [0.4, 0.5) is 0 Å². The molecule has 1 aliphatic heterocycles. The lowest BCUT2D eigenvalue weighted by atomic mass is 10.3. The van der Waals surface area contributed by atoms with Crippen LogP contribution in [0.1, 0.15) is 65.7 Å². The van der Waals surface area contributed by atoms with Gasteiger partial charge in [0, 0.05) is 19.8 Å². The first-order valence-electron chi connectivity index (χ1n) is 9.73. The molecule has 0 aromatic heterocycles. The highest BCUT2D eigenvalue weighted by molar-refractivity contribution is 6.67.